The molecule has 2 saturated heterocycles. The van der Waals surface area contributed by atoms with E-state index in [9.17, 15) is 9.59 Å². The van der Waals surface area contributed by atoms with Crippen LogP contribution in [0.2, 0.25) is 0 Å². The molecular formula is C23H26BrN3O2. The van der Waals surface area contributed by atoms with Crippen LogP contribution in [0.4, 0.5) is 5.69 Å². The number of rotatable bonds is 4. The Morgan fingerprint density at radius 2 is 1.72 bits per heavy atom. The highest BCUT2D eigenvalue weighted by Gasteiger charge is 2.38. The van der Waals surface area contributed by atoms with Crippen molar-refractivity contribution in [2.24, 2.45) is 5.92 Å². The summed E-state index contributed by atoms with van der Waals surface area (Å²) >= 11 is 3.52. The highest BCUT2D eigenvalue weighted by molar-refractivity contribution is 9.10. The molecule has 0 aromatic heterocycles. The Bertz CT molecular complexity index is 873. The quantitative estimate of drug-likeness (QED) is 0.707. The number of halogens is 1. The summed E-state index contributed by atoms with van der Waals surface area (Å²) in [6, 6.07) is 18.1. The first-order chi connectivity index (χ1) is 14.1. The summed E-state index contributed by atoms with van der Waals surface area (Å²) in [5.41, 5.74) is 2.15. The highest BCUT2D eigenvalue weighted by Crippen LogP contribution is 2.32. The summed E-state index contributed by atoms with van der Waals surface area (Å²) in [6.45, 7) is 4.74. The van der Waals surface area contributed by atoms with Gasteiger partial charge in [0.15, 0.2) is 0 Å². The Hall–Kier alpha value is -2.18. The maximum atomic E-state index is 13.1. The fourth-order valence-corrected chi connectivity index (χ4v) is 4.72. The maximum Gasteiger partial charge on any atom is 0.228 e. The van der Waals surface area contributed by atoms with Gasteiger partial charge in [0.25, 0.3) is 0 Å². The van der Waals surface area contributed by atoms with Crippen molar-refractivity contribution in [2.75, 3.05) is 37.6 Å². The normalized spacial score (nSPS) is 20.7. The van der Waals surface area contributed by atoms with Gasteiger partial charge in [-0.3, -0.25) is 14.5 Å². The summed E-state index contributed by atoms with van der Waals surface area (Å²) < 4.78 is 0.882. The predicted octanol–water partition coefficient (Wildman–Crippen LogP) is 3.54. The van der Waals surface area contributed by atoms with E-state index in [1.54, 1.807) is 4.90 Å². The lowest BCUT2D eigenvalue weighted by Crippen LogP contribution is -2.40. The Morgan fingerprint density at radius 3 is 2.52 bits per heavy atom. The fraction of sp³-hybridized carbons (Fsp3) is 0.391. The molecule has 29 heavy (non-hydrogen) atoms. The molecule has 2 amide bonds. The van der Waals surface area contributed by atoms with Gasteiger partial charge in [-0.05, 0) is 40.0 Å². The Balaban J connectivity index is 1.36. The fourth-order valence-electron chi connectivity index (χ4n) is 4.23. The van der Waals surface area contributed by atoms with E-state index in [4.69, 9.17) is 0 Å². The third-order valence-corrected chi connectivity index (χ3v) is 6.44. The van der Waals surface area contributed by atoms with Crippen LogP contribution in [-0.4, -0.2) is 54.3 Å². The molecule has 2 fully saturated rings. The number of benzene rings is 2. The topological polar surface area (TPSA) is 43.9 Å². The number of anilines is 1. The van der Waals surface area contributed by atoms with Gasteiger partial charge in [0.05, 0.1) is 11.6 Å². The molecule has 2 aromatic rings. The first-order valence-electron chi connectivity index (χ1n) is 10.2. The summed E-state index contributed by atoms with van der Waals surface area (Å²) in [6.07, 6.45) is 1.26. The molecule has 6 heteroatoms. The van der Waals surface area contributed by atoms with Gasteiger partial charge in [-0.2, -0.15) is 0 Å². The molecule has 4 rings (SSSR count). The zero-order valence-corrected chi connectivity index (χ0v) is 18.1. The number of hydrogen-bond donors (Lipinski definition) is 0. The lowest BCUT2D eigenvalue weighted by Gasteiger charge is -2.25. The van der Waals surface area contributed by atoms with Crippen molar-refractivity contribution in [1.82, 2.24) is 9.80 Å². The number of carbonyl (C=O) groups excluding carboxylic acids is 2. The summed E-state index contributed by atoms with van der Waals surface area (Å²) in [4.78, 5) is 31.8. The van der Waals surface area contributed by atoms with E-state index < -0.39 is 0 Å². The molecule has 1 atom stereocenters. The van der Waals surface area contributed by atoms with Crippen molar-refractivity contribution in [3.63, 3.8) is 0 Å². The average Bonchev–Trinajstić information content (AvgIpc) is 2.96. The third kappa shape index (κ3) is 4.70. The van der Waals surface area contributed by atoms with Gasteiger partial charge in [0, 0.05) is 50.2 Å². The van der Waals surface area contributed by atoms with Crippen molar-refractivity contribution in [3.05, 3.63) is 64.6 Å². The van der Waals surface area contributed by atoms with E-state index in [1.165, 1.54) is 5.56 Å². The molecule has 152 valence electrons. The van der Waals surface area contributed by atoms with E-state index >= 15 is 0 Å². The minimum atomic E-state index is -0.254. The van der Waals surface area contributed by atoms with Crippen LogP contribution in [0, 0.1) is 5.92 Å². The highest BCUT2D eigenvalue weighted by atomic mass is 79.9. The molecule has 0 spiro atoms. The Labute approximate surface area is 180 Å². The molecule has 2 aliphatic rings. The van der Waals surface area contributed by atoms with Gasteiger partial charge in [0.2, 0.25) is 11.8 Å². The minimum absolute atomic E-state index is 0.0239. The molecule has 5 nitrogen and oxygen atoms in total. The number of carbonyl (C=O) groups is 2. The third-order valence-electron chi connectivity index (χ3n) is 5.77. The van der Waals surface area contributed by atoms with Gasteiger partial charge in [0.1, 0.15) is 0 Å². The van der Waals surface area contributed by atoms with Crippen molar-refractivity contribution in [1.29, 1.82) is 0 Å². The maximum absolute atomic E-state index is 13.1. The molecule has 0 bridgehead atoms. The van der Waals surface area contributed by atoms with Crippen LogP contribution in [-0.2, 0) is 16.1 Å². The second-order valence-electron chi connectivity index (χ2n) is 7.80. The van der Waals surface area contributed by atoms with Gasteiger partial charge in [-0.15, -0.1) is 0 Å². The first kappa shape index (κ1) is 20.1. The number of para-hydroxylation sites is 1. The molecule has 0 N–H and O–H groups in total. The predicted molar refractivity (Wildman–Crippen MR) is 118 cm³/mol. The molecule has 0 saturated carbocycles. The molecule has 2 heterocycles. The number of hydrogen-bond acceptors (Lipinski definition) is 3. The first-order valence-corrected chi connectivity index (χ1v) is 11.0. The number of nitrogens with zero attached hydrogens (tertiary/aromatic N) is 3. The van der Waals surface area contributed by atoms with Crippen molar-refractivity contribution >= 4 is 33.4 Å². The second kappa shape index (κ2) is 9.09. The van der Waals surface area contributed by atoms with Crippen molar-refractivity contribution in [2.45, 2.75) is 19.4 Å². The van der Waals surface area contributed by atoms with Crippen LogP contribution in [0.1, 0.15) is 18.4 Å². The van der Waals surface area contributed by atoms with Crippen LogP contribution in [0.3, 0.4) is 0 Å². The molecule has 2 aliphatic heterocycles. The van der Waals surface area contributed by atoms with E-state index in [-0.39, 0.29) is 17.7 Å². The van der Waals surface area contributed by atoms with E-state index in [1.807, 2.05) is 35.2 Å². The smallest absolute Gasteiger partial charge is 0.228 e. The van der Waals surface area contributed by atoms with Gasteiger partial charge < -0.3 is 9.80 Å². The van der Waals surface area contributed by atoms with Crippen LogP contribution in [0.15, 0.2) is 59.1 Å². The molecular weight excluding hydrogens is 430 g/mol. The van der Waals surface area contributed by atoms with E-state index in [0.717, 1.165) is 49.3 Å². The molecule has 0 radical (unpaired) electrons. The summed E-state index contributed by atoms with van der Waals surface area (Å²) in [5, 5.41) is 0. The molecule has 2 aromatic carbocycles. The zero-order valence-electron chi connectivity index (χ0n) is 16.5. The van der Waals surface area contributed by atoms with Gasteiger partial charge in [-0.25, -0.2) is 0 Å². The van der Waals surface area contributed by atoms with Crippen LogP contribution >= 0.6 is 15.9 Å². The van der Waals surface area contributed by atoms with Crippen molar-refractivity contribution in [3.8, 4) is 0 Å². The Morgan fingerprint density at radius 1 is 0.966 bits per heavy atom. The minimum Gasteiger partial charge on any atom is -0.341 e. The zero-order chi connectivity index (χ0) is 20.2. The van der Waals surface area contributed by atoms with Gasteiger partial charge in [-0.1, -0.05) is 42.5 Å². The summed E-state index contributed by atoms with van der Waals surface area (Å²) in [7, 11) is 0. The van der Waals surface area contributed by atoms with Crippen LogP contribution < -0.4 is 4.90 Å². The van der Waals surface area contributed by atoms with Crippen molar-refractivity contribution < 1.29 is 9.59 Å². The lowest BCUT2D eigenvalue weighted by atomic mass is 10.1. The Kier molecular flexibility index (Phi) is 6.31. The monoisotopic (exact) mass is 455 g/mol. The average molecular weight is 456 g/mol. The largest absolute Gasteiger partial charge is 0.341 e. The summed E-state index contributed by atoms with van der Waals surface area (Å²) in [5.74, 6) is -0.111. The lowest BCUT2D eigenvalue weighted by molar-refractivity contribution is -0.135. The van der Waals surface area contributed by atoms with Crippen LogP contribution in [0.5, 0.6) is 0 Å². The second-order valence-corrected chi connectivity index (χ2v) is 8.65. The molecule has 0 aliphatic carbocycles. The number of amides is 2. The van der Waals surface area contributed by atoms with E-state index in [0.29, 0.717) is 13.0 Å². The SMILES string of the molecule is O=C(C1CC(=O)N(c2ccccc2Br)C1)N1CCCN(Cc2ccccc2)CC1. The van der Waals surface area contributed by atoms with Crippen LogP contribution in [0.25, 0.3) is 0 Å². The van der Waals surface area contributed by atoms with E-state index in [2.05, 4.69) is 45.1 Å². The standard InChI is InChI=1S/C23H26BrN3O2/c24-20-9-4-5-10-21(20)27-17-19(15-22(27)28)23(29)26-12-6-11-25(13-14-26)16-18-7-2-1-3-8-18/h1-5,7-10,19H,6,11-17H2. The molecule has 1 unspecified atom stereocenters. The van der Waals surface area contributed by atoms with Gasteiger partial charge >= 0.3 is 0 Å².